The first-order chi connectivity index (χ1) is 6.59. The highest BCUT2D eigenvalue weighted by atomic mass is 32.1. The van der Waals surface area contributed by atoms with E-state index >= 15 is 0 Å². The summed E-state index contributed by atoms with van der Waals surface area (Å²) < 4.78 is 0. The van der Waals surface area contributed by atoms with Crippen molar-refractivity contribution in [3.63, 3.8) is 0 Å². The monoisotopic (exact) mass is 211 g/mol. The van der Waals surface area contributed by atoms with Crippen LogP contribution in [0.25, 0.3) is 0 Å². The lowest BCUT2D eigenvalue weighted by Gasteiger charge is -2.10. The molecule has 1 nitrogen and oxygen atoms in total. The molecule has 1 heterocycles. The predicted octanol–water partition coefficient (Wildman–Crippen LogP) is 3.88. The average Bonchev–Trinajstić information content (AvgIpc) is 2.51. The van der Waals surface area contributed by atoms with Gasteiger partial charge in [0.15, 0.2) is 0 Å². The first-order valence-corrected chi connectivity index (χ1v) is 6.23. The Hall–Kier alpha value is -0.340. The van der Waals surface area contributed by atoms with Gasteiger partial charge in [-0.1, -0.05) is 26.7 Å². The van der Waals surface area contributed by atoms with Crippen LogP contribution in [-0.2, 0) is 0 Å². The van der Waals surface area contributed by atoms with Crippen LogP contribution in [0.1, 0.15) is 48.9 Å². The summed E-state index contributed by atoms with van der Waals surface area (Å²) in [6, 6.07) is 4.58. The van der Waals surface area contributed by atoms with Gasteiger partial charge in [0.1, 0.15) is 0 Å². The SMILES string of the molecule is Cc1ccc(C(N)CCCC(C)C)s1. The van der Waals surface area contributed by atoms with Gasteiger partial charge in [-0.15, -0.1) is 11.3 Å². The van der Waals surface area contributed by atoms with Gasteiger partial charge >= 0.3 is 0 Å². The van der Waals surface area contributed by atoms with Gasteiger partial charge in [-0.25, -0.2) is 0 Å². The zero-order chi connectivity index (χ0) is 10.6. The van der Waals surface area contributed by atoms with Gasteiger partial charge in [-0.05, 0) is 31.4 Å². The molecule has 1 unspecified atom stereocenters. The lowest BCUT2D eigenvalue weighted by Crippen LogP contribution is -2.08. The molecular weight excluding hydrogens is 190 g/mol. The molecule has 1 aromatic rings. The fourth-order valence-electron chi connectivity index (χ4n) is 1.54. The molecule has 14 heavy (non-hydrogen) atoms. The Bertz CT molecular complexity index is 265. The van der Waals surface area contributed by atoms with Gasteiger partial charge in [0, 0.05) is 15.8 Å². The molecule has 0 amide bonds. The standard InChI is InChI=1S/C12H21NS/c1-9(2)5-4-6-11(13)12-8-7-10(3)14-12/h7-9,11H,4-6,13H2,1-3H3. The molecule has 80 valence electrons. The Labute approximate surface area is 91.3 Å². The molecule has 1 rings (SSSR count). The number of thiophene rings is 1. The minimum atomic E-state index is 0.257. The van der Waals surface area contributed by atoms with Crippen LogP contribution in [0.2, 0.25) is 0 Å². The van der Waals surface area contributed by atoms with Gasteiger partial charge in [-0.3, -0.25) is 0 Å². The Morgan fingerprint density at radius 2 is 2.00 bits per heavy atom. The zero-order valence-electron chi connectivity index (χ0n) is 9.42. The van der Waals surface area contributed by atoms with Crippen LogP contribution < -0.4 is 5.73 Å². The zero-order valence-corrected chi connectivity index (χ0v) is 10.2. The molecule has 1 aromatic heterocycles. The summed E-state index contributed by atoms with van der Waals surface area (Å²) >= 11 is 1.83. The molecule has 2 N–H and O–H groups in total. The molecule has 0 aliphatic carbocycles. The number of hydrogen-bond donors (Lipinski definition) is 1. The third-order valence-corrected chi connectivity index (χ3v) is 3.56. The van der Waals surface area contributed by atoms with Gasteiger partial charge < -0.3 is 5.73 Å². The van der Waals surface area contributed by atoms with Crippen LogP contribution in [0.15, 0.2) is 12.1 Å². The van der Waals surface area contributed by atoms with E-state index in [1.807, 2.05) is 11.3 Å². The minimum Gasteiger partial charge on any atom is -0.323 e. The number of aryl methyl sites for hydroxylation is 1. The smallest absolute Gasteiger partial charge is 0.0389 e. The van der Waals surface area contributed by atoms with Crippen molar-refractivity contribution in [1.82, 2.24) is 0 Å². The van der Waals surface area contributed by atoms with Crippen LogP contribution in [0.3, 0.4) is 0 Å². The predicted molar refractivity (Wildman–Crippen MR) is 64.7 cm³/mol. The number of nitrogens with two attached hydrogens (primary N) is 1. The molecule has 0 saturated heterocycles. The lowest BCUT2D eigenvalue weighted by atomic mass is 10.0. The topological polar surface area (TPSA) is 26.0 Å². The van der Waals surface area contributed by atoms with Crippen molar-refractivity contribution in [3.8, 4) is 0 Å². The molecule has 0 radical (unpaired) electrons. The number of rotatable bonds is 5. The van der Waals surface area contributed by atoms with E-state index in [4.69, 9.17) is 5.73 Å². The van der Waals surface area contributed by atoms with Crippen LogP contribution in [0.4, 0.5) is 0 Å². The highest BCUT2D eigenvalue weighted by Crippen LogP contribution is 2.25. The molecular formula is C12H21NS. The van der Waals surface area contributed by atoms with E-state index < -0.39 is 0 Å². The minimum absolute atomic E-state index is 0.257. The molecule has 0 fully saturated rings. The van der Waals surface area contributed by atoms with Gasteiger partial charge in [0.05, 0.1) is 0 Å². The second-order valence-electron chi connectivity index (χ2n) is 4.38. The van der Waals surface area contributed by atoms with E-state index in [1.165, 1.54) is 22.6 Å². The summed E-state index contributed by atoms with van der Waals surface area (Å²) in [6.07, 6.45) is 3.66. The van der Waals surface area contributed by atoms with E-state index in [1.54, 1.807) is 0 Å². The van der Waals surface area contributed by atoms with E-state index in [0.717, 1.165) is 12.3 Å². The largest absolute Gasteiger partial charge is 0.323 e. The van der Waals surface area contributed by atoms with Gasteiger partial charge in [0.2, 0.25) is 0 Å². The first kappa shape index (κ1) is 11.7. The van der Waals surface area contributed by atoms with Crippen LogP contribution in [-0.4, -0.2) is 0 Å². The van der Waals surface area contributed by atoms with Crippen molar-refractivity contribution in [2.75, 3.05) is 0 Å². The van der Waals surface area contributed by atoms with Crippen molar-refractivity contribution in [2.45, 2.75) is 46.1 Å². The van der Waals surface area contributed by atoms with Crippen molar-refractivity contribution in [2.24, 2.45) is 11.7 Å². The van der Waals surface area contributed by atoms with E-state index in [-0.39, 0.29) is 6.04 Å². The van der Waals surface area contributed by atoms with Crippen LogP contribution in [0.5, 0.6) is 0 Å². The third kappa shape index (κ3) is 3.81. The highest BCUT2D eigenvalue weighted by Gasteiger charge is 2.07. The van der Waals surface area contributed by atoms with Gasteiger partial charge in [0.25, 0.3) is 0 Å². The summed E-state index contributed by atoms with van der Waals surface area (Å²) in [5.41, 5.74) is 6.10. The normalized spacial score (nSPS) is 13.5. The molecule has 0 bridgehead atoms. The molecule has 0 saturated carbocycles. The maximum absolute atomic E-state index is 6.10. The summed E-state index contributed by atoms with van der Waals surface area (Å²) in [5.74, 6) is 0.798. The van der Waals surface area contributed by atoms with Crippen LogP contribution in [0, 0.1) is 12.8 Å². The molecule has 0 spiro atoms. The van der Waals surface area contributed by atoms with Crippen molar-refractivity contribution >= 4 is 11.3 Å². The van der Waals surface area contributed by atoms with Crippen LogP contribution >= 0.6 is 11.3 Å². The average molecular weight is 211 g/mol. The highest BCUT2D eigenvalue weighted by molar-refractivity contribution is 7.12. The molecule has 0 aromatic carbocycles. The summed E-state index contributed by atoms with van der Waals surface area (Å²) in [6.45, 7) is 6.66. The fraction of sp³-hybridized carbons (Fsp3) is 0.667. The summed E-state index contributed by atoms with van der Waals surface area (Å²) in [7, 11) is 0. The Kier molecular flexibility index (Phi) is 4.63. The maximum atomic E-state index is 6.10. The fourth-order valence-corrected chi connectivity index (χ4v) is 2.45. The molecule has 1 atom stereocenters. The Morgan fingerprint density at radius 1 is 1.29 bits per heavy atom. The maximum Gasteiger partial charge on any atom is 0.0389 e. The second-order valence-corrected chi connectivity index (χ2v) is 5.70. The first-order valence-electron chi connectivity index (χ1n) is 5.41. The Balaban J connectivity index is 2.32. The summed E-state index contributed by atoms with van der Waals surface area (Å²) in [5, 5.41) is 0. The van der Waals surface area contributed by atoms with Gasteiger partial charge in [-0.2, -0.15) is 0 Å². The lowest BCUT2D eigenvalue weighted by molar-refractivity contribution is 0.508. The second kappa shape index (κ2) is 5.52. The molecule has 2 heteroatoms. The van der Waals surface area contributed by atoms with E-state index in [9.17, 15) is 0 Å². The molecule has 0 aliphatic rings. The Morgan fingerprint density at radius 3 is 2.50 bits per heavy atom. The third-order valence-electron chi connectivity index (χ3n) is 2.42. The van der Waals surface area contributed by atoms with Crippen molar-refractivity contribution in [1.29, 1.82) is 0 Å². The summed E-state index contributed by atoms with van der Waals surface area (Å²) in [4.78, 5) is 2.70. The van der Waals surface area contributed by atoms with Crippen molar-refractivity contribution in [3.05, 3.63) is 21.9 Å². The van der Waals surface area contributed by atoms with E-state index in [2.05, 4.69) is 32.9 Å². The van der Waals surface area contributed by atoms with E-state index in [0.29, 0.717) is 0 Å². The quantitative estimate of drug-likeness (QED) is 0.786. The molecule has 0 aliphatic heterocycles. The number of hydrogen-bond acceptors (Lipinski definition) is 2. The van der Waals surface area contributed by atoms with Crippen molar-refractivity contribution < 1.29 is 0 Å².